The van der Waals surface area contributed by atoms with Gasteiger partial charge in [0.1, 0.15) is 5.01 Å². The Kier molecular flexibility index (Phi) is 6.37. The summed E-state index contributed by atoms with van der Waals surface area (Å²) in [6.45, 7) is 6.10. The number of hydrogen-bond donors (Lipinski definition) is 1. The van der Waals surface area contributed by atoms with Gasteiger partial charge in [-0.1, -0.05) is 13.0 Å². The van der Waals surface area contributed by atoms with Crippen LogP contribution >= 0.6 is 22.7 Å². The van der Waals surface area contributed by atoms with Gasteiger partial charge < -0.3 is 10.1 Å². The molecule has 0 aliphatic carbocycles. The highest BCUT2D eigenvalue weighted by atomic mass is 32.1. The Bertz CT molecular complexity index is 610. The number of carbonyl (C=O) groups excluding carboxylic acids is 1. The summed E-state index contributed by atoms with van der Waals surface area (Å²) in [6.07, 6.45) is 2.59. The predicted octanol–water partition coefficient (Wildman–Crippen LogP) is 2.57. The molecule has 1 saturated heterocycles. The topological polar surface area (TPSA) is 54.5 Å². The Morgan fingerprint density at radius 1 is 1.38 bits per heavy atom. The number of carbonyl (C=O) groups is 1. The van der Waals surface area contributed by atoms with Gasteiger partial charge in [-0.25, -0.2) is 4.98 Å². The monoisotopic (exact) mass is 365 g/mol. The van der Waals surface area contributed by atoms with Crippen LogP contribution in [0, 0.1) is 5.92 Å². The highest BCUT2D eigenvalue weighted by Crippen LogP contribution is 2.23. The average molecular weight is 366 g/mol. The lowest BCUT2D eigenvalue weighted by atomic mass is 10.1. The van der Waals surface area contributed by atoms with Gasteiger partial charge in [0, 0.05) is 48.4 Å². The van der Waals surface area contributed by atoms with Crippen molar-refractivity contribution in [3.63, 3.8) is 0 Å². The molecule has 7 heteroatoms. The van der Waals surface area contributed by atoms with Crippen molar-refractivity contribution in [1.82, 2.24) is 15.2 Å². The number of morpholine rings is 1. The Morgan fingerprint density at radius 2 is 2.21 bits per heavy atom. The van der Waals surface area contributed by atoms with Crippen molar-refractivity contribution in [3.8, 4) is 0 Å². The van der Waals surface area contributed by atoms with Crippen molar-refractivity contribution in [2.75, 3.05) is 32.8 Å². The summed E-state index contributed by atoms with van der Waals surface area (Å²) in [5.41, 5.74) is 0. The quantitative estimate of drug-likeness (QED) is 0.819. The van der Waals surface area contributed by atoms with E-state index in [-0.39, 0.29) is 17.9 Å². The maximum atomic E-state index is 12.7. The lowest BCUT2D eigenvalue weighted by molar-refractivity contribution is -0.126. The van der Waals surface area contributed by atoms with Gasteiger partial charge >= 0.3 is 0 Å². The van der Waals surface area contributed by atoms with E-state index in [1.54, 1.807) is 28.9 Å². The van der Waals surface area contributed by atoms with Crippen LogP contribution in [0.5, 0.6) is 0 Å². The molecular formula is C17H23N3O2S2. The maximum absolute atomic E-state index is 12.7. The molecule has 130 valence electrons. The highest BCUT2D eigenvalue weighted by molar-refractivity contribution is 7.10. The van der Waals surface area contributed by atoms with E-state index < -0.39 is 0 Å². The fourth-order valence-electron chi connectivity index (χ4n) is 2.80. The number of thiophene rings is 1. The van der Waals surface area contributed by atoms with Crippen molar-refractivity contribution in [2.24, 2.45) is 5.92 Å². The molecule has 0 spiro atoms. The van der Waals surface area contributed by atoms with Crippen molar-refractivity contribution < 1.29 is 9.53 Å². The number of nitrogens with one attached hydrogen (secondary N) is 1. The molecule has 2 aromatic heterocycles. The fraction of sp³-hybridized carbons (Fsp3) is 0.529. The highest BCUT2D eigenvalue weighted by Gasteiger charge is 2.23. The molecule has 0 aromatic carbocycles. The largest absolute Gasteiger partial charge is 0.379 e. The van der Waals surface area contributed by atoms with Gasteiger partial charge in [-0.3, -0.25) is 9.69 Å². The zero-order chi connectivity index (χ0) is 16.8. The van der Waals surface area contributed by atoms with Crippen molar-refractivity contribution in [3.05, 3.63) is 39.0 Å². The summed E-state index contributed by atoms with van der Waals surface area (Å²) in [4.78, 5) is 20.6. The molecule has 2 aromatic rings. The molecule has 1 amide bonds. The lowest BCUT2D eigenvalue weighted by Gasteiger charge is -2.29. The number of aromatic nitrogens is 1. The number of rotatable bonds is 7. The molecule has 0 saturated carbocycles. The summed E-state index contributed by atoms with van der Waals surface area (Å²) in [6, 6.07) is 4.10. The first-order chi connectivity index (χ1) is 11.7. The fourth-order valence-corrected chi connectivity index (χ4v) is 4.25. The number of nitrogens with zero attached hydrogens (tertiary/aromatic N) is 2. The van der Waals surface area contributed by atoms with E-state index in [1.165, 1.54) is 4.88 Å². The van der Waals surface area contributed by atoms with Gasteiger partial charge in [0.2, 0.25) is 5.91 Å². The van der Waals surface area contributed by atoms with Crippen LogP contribution in [0.4, 0.5) is 0 Å². The molecule has 1 aliphatic heterocycles. The smallest absolute Gasteiger partial charge is 0.224 e. The van der Waals surface area contributed by atoms with E-state index in [9.17, 15) is 4.79 Å². The van der Waals surface area contributed by atoms with Gasteiger partial charge in [0.25, 0.3) is 0 Å². The van der Waals surface area contributed by atoms with E-state index in [1.807, 2.05) is 18.4 Å². The van der Waals surface area contributed by atoms with E-state index in [0.29, 0.717) is 0 Å². The van der Waals surface area contributed by atoms with E-state index >= 15 is 0 Å². The van der Waals surface area contributed by atoms with Crippen LogP contribution in [0.1, 0.15) is 22.9 Å². The van der Waals surface area contributed by atoms with E-state index in [0.717, 1.165) is 44.3 Å². The summed E-state index contributed by atoms with van der Waals surface area (Å²) < 4.78 is 5.37. The first-order valence-corrected chi connectivity index (χ1v) is 10.0. The third-order valence-corrected chi connectivity index (χ3v) is 5.92. The van der Waals surface area contributed by atoms with E-state index in [4.69, 9.17) is 4.74 Å². The molecule has 0 bridgehead atoms. The minimum absolute atomic E-state index is 0.0473. The van der Waals surface area contributed by atoms with E-state index in [2.05, 4.69) is 26.6 Å². The van der Waals surface area contributed by atoms with Crippen molar-refractivity contribution >= 4 is 28.6 Å². The molecule has 0 unspecified atom stereocenters. The third kappa shape index (κ3) is 4.86. The first kappa shape index (κ1) is 17.5. The van der Waals surface area contributed by atoms with Gasteiger partial charge in [-0.05, 0) is 11.4 Å². The minimum atomic E-state index is -0.0525. The third-order valence-electron chi connectivity index (χ3n) is 4.13. The molecule has 1 aliphatic rings. The van der Waals surface area contributed by atoms with Crippen LogP contribution in [-0.2, 0) is 16.0 Å². The Hall–Kier alpha value is -1.28. The summed E-state index contributed by atoms with van der Waals surface area (Å²) in [5, 5.41) is 8.20. The van der Waals surface area contributed by atoms with Crippen LogP contribution < -0.4 is 5.32 Å². The maximum Gasteiger partial charge on any atom is 0.224 e. The van der Waals surface area contributed by atoms with Crippen LogP contribution in [0.25, 0.3) is 0 Å². The average Bonchev–Trinajstić information content (AvgIpc) is 3.28. The zero-order valence-electron chi connectivity index (χ0n) is 13.8. The Morgan fingerprint density at radius 3 is 2.88 bits per heavy atom. The van der Waals surface area contributed by atoms with Crippen LogP contribution in [0.3, 0.4) is 0 Å². The molecule has 1 fully saturated rings. The normalized spacial score (nSPS) is 18.2. The van der Waals surface area contributed by atoms with Gasteiger partial charge in [0.05, 0.1) is 19.3 Å². The molecule has 3 rings (SSSR count). The number of hydrogen-bond acceptors (Lipinski definition) is 6. The van der Waals surface area contributed by atoms with Crippen LogP contribution in [0.15, 0.2) is 29.1 Å². The van der Waals surface area contributed by atoms with Gasteiger partial charge in [0.15, 0.2) is 0 Å². The second kappa shape index (κ2) is 8.71. The van der Waals surface area contributed by atoms with Crippen molar-refractivity contribution in [1.29, 1.82) is 0 Å². The number of thiazole rings is 1. The Balaban J connectivity index is 1.59. The number of ether oxygens (including phenoxy) is 1. The first-order valence-electron chi connectivity index (χ1n) is 8.24. The molecule has 0 radical (unpaired) electrons. The van der Waals surface area contributed by atoms with Gasteiger partial charge in [-0.15, -0.1) is 22.7 Å². The second-order valence-corrected chi connectivity index (χ2v) is 7.99. The second-order valence-electron chi connectivity index (χ2n) is 6.03. The SMILES string of the molecule is C[C@@H](CN1CCOCC1)C(=O)N[C@H](Cc1cccs1)c1nccs1. The minimum Gasteiger partial charge on any atom is -0.379 e. The standard InChI is InChI=1S/C17H23N3O2S2/c1-13(12-20-5-7-22-8-6-20)16(21)19-15(17-18-4-10-24-17)11-14-3-2-9-23-14/h2-4,9-10,13,15H,5-8,11-12H2,1H3,(H,19,21)/t13-,15+/m0/s1. The summed E-state index contributed by atoms with van der Waals surface area (Å²) >= 11 is 3.31. The molecule has 5 nitrogen and oxygen atoms in total. The summed E-state index contributed by atoms with van der Waals surface area (Å²) in [7, 11) is 0. The van der Waals surface area contributed by atoms with Crippen LogP contribution in [-0.4, -0.2) is 48.6 Å². The molecule has 1 N–H and O–H groups in total. The predicted molar refractivity (Wildman–Crippen MR) is 97.4 cm³/mol. The Labute approximate surface area is 150 Å². The van der Waals surface area contributed by atoms with Crippen molar-refractivity contribution in [2.45, 2.75) is 19.4 Å². The molecular weight excluding hydrogens is 342 g/mol. The molecule has 3 heterocycles. The van der Waals surface area contributed by atoms with Crippen LogP contribution in [0.2, 0.25) is 0 Å². The zero-order valence-corrected chi connectivity index (χ0v) is 15.4. The molecule has 2 atom stereocenters. The summed E-state index contributed by atoms with van der Waals surface area (Å²) in [5.74, 6) is 0.0483. The van der Waals surface area contributed by atoms with Gasteiger partial charge in [-0.2, -0.15) is 0 Å². The number of amides is 1. The molecule has 24 heavy (non-hydrogen) atoms. The lowest BCUT2D eigenvalue weighted by Crippen LogP contribution is -2.43.